The van der Waals surface area contributed by atoms with Crippen LogP contribution in [0, 0.1) is 0 Å². The molecule has 0 aromatic heterocycles. The number of aliphatic hydroxyl groups excluding tert-OH is 1. The molecule has 0 aliphatic heterocycles. The molecule has 2 atom stereocenters. The van der Waals surface area contributed by atoms with Crippen LogP contribution in [0.15, 0.2) is 12.2 Å². The molecule has 0 aliphatic carbocycles. The van der Waals surface area contributed by atoms with Crippen molar-refractivity contribution in [3.8, 4) is 0 Å². The van der Waals surface area contributed by atoms with Gasteiger partial charge in [0.05, 0.1) is 18.8 Å². The van der Waals surface area contributed by atoms with Crippen LogP contribution in [-0.2, 0) is 13.9 Å². The fraction of sp³-hybridized carbons (Fsp3) is 0.930. The molecule has 0 heterocycles. The summed E-state index contributed by atoms with van der Waals surface area (Å²) < 4.78 is 15.9. The monoisotopic (exact) mass is 744 g/mol. The second-order valence-corrected chi connectivity index (χ2v) is 16.6. The molecule has 0 radical (unpaired) electrons. The lowest BCUT2D eigenvalue weighted by Gasteiger charge is -2.22. The first-order chi connectivity index (χ1) is 24.8. The lowest BCUT2D eigenvalue weighted by atomic mass is 10.0. The highest BCUT2D eigenvalue weighted by atomic mass is 31.2. The number of unbranched alkanes of at least 4 members (excludes halogenated alkanes) is 32. The Balaban J connectivity index is 3.75. The predicted molar refractivity (Wildman–Crippen MR) is 218 cm³/mol. The Kier molecular flexibility index (Phi) is 38.4. The van der Waals surface area contributed by atoms with Crippen molar-refractivity contribution in [2.45, 2.75) is 251 Å². The summed E-state index contributed by atoms with van der Waals surface area (Å²) in [5, 5.41) is 13.3. The van der Waals surface area contributed by atoms with Crippen LogP contribution in [0.5, 0.6) is 0 Å². The lowest BCUT2D eigenvalue weighted by molar-refractivity contribution is -0.123. The van der Waals surface area contributed by atoms with E-state index in [1.54, 1.807) is 6.08 Å². The van der Waals surface area contributed by atoms with E-state index in [1.165, 1.54) is 180 Å². The zero-order valence-electron chi connectivity index (χ0n) is 33.8. The van der Waals surface area contributed by atoms with Crippen LogP contribution in [0.2, 0.25) is 0 Å². The van der Waals surface area contributed by atoms with Crippen molar-refractivity contribution < 1.29 is 28.8 Å². The maximum atomic E-state index is 12.6. The van der Waals surface area contributed by atoms with E-state index in [2.05, 4.69) is 23.7 Å². The molecule has 0 spiro atoms. The number of nitrogens with one attached hydrogen (secondary N) is 1. The minimum atomic E-state index is -4.71. The van der Waals surface area contributed by atoms with Crippen molar-refractivity contribution in [2.24, 2.45) is 0 Å². The van der Waals surface area contributed by atoms with E-state index in [4.69, 9.17) is 9.79 Å². The number of carbonyl (C=O) groups is 1. The Bertz CT molecular complexity index is 803. The molecule has 7 nitrogen and oxygen atoms in total. The lowest BCUT2D eigenvalue weighted by Crippen LogP contribution is -2.45. The number of hydrogen-bond acceptors (Lipinski definition) is 4. The van der Waals surface area contributed by atoms with Crippen LogP contribution >= 0.6 is 7.82 Å². The number of phosphoric ester groups is 1. The van der Waals surface area contributed by atoms with Crippen molar-refractivity contribution >= 4 is 13.7 Å². The van der Waals surface area contributed by atoms with Gasteiger partial charge in [0.2, 0.25) is 5.91 Å². The van der Waals surface area contributed by atoms with Gasteiger partial charge in [-0.05, 0) is 19.3 Å². The highest BCUT2D eigenvalue weighted by Gasteiger charge is 2.24. The van der Waals surface area contributed by atoms with Gasteiger partial charge in [0.1, 0.15) is 0 Å². The Morgan fingerprint density at radius 2 is 0.863 bits per heavy atom. The van der Waals surface area contributed by atoms with Gasteiger partial charge >= 0.3 is 7.82 Å². The Morgan fingerprint density at radius 1 is 0.549 bits per heavy atom. The summed E-state index contributed by atoms with van der Waals surface area (Å²) in [5.41, 5.74) is 0. The van der Waals surface area contributed by atoms with Gasteiger partial charge in [0, 0.05) is 6.42 Å². The largest absolute Gasteiger partial charge is 0.469 e. The Morgan fingerprint density at radius 3 is 1.20 bits per heavy atom. The summed E-state index contributed by atoms with van der Waals surface area (Å²) in [6.45, 7) is 4.06. The van der Waals surface area contributed by atoms with Crippen molar-refractivity contribution in [1.82, 2.24) is 5.32 Å². The third-order valence-corrected chi connectivity index (χ3v) is 10.7. The first-order valence-electron chi connectivity index (χ1n) is 22.1. The molecule has 51 heavy (non-hydrogen) atoms. The molecule has 8 heteroatoms. The van der Waals surface area contributed by atoms with E-state index in [0.29, 0.717) is 6.42 Å². The van der Waals surface area contributed by atoms with E-state index < -0.39 is 26.6 Å². The molecule has 0 aliphatic rings. The SMILES string of the molecule is CCCCCCCCCC/C=C/[C@@H](O)[C@H](COP(=O)(O)O)NC(=O)CCCCCCCCCCCCCCCCCCCCCCCCCCC. The zero-order chi connectivity index (χ0) is 37.5. The average molecular weight is 744 g/mol. The van der Waals surface area contributed by atoms with Gasteiger partial charge in [-0.1, -0.05) is 225 Å². The maximum Gasteiger partial charge on any atom is 0.469 e. The molecular formula is C43H86NO6P. The maximum absolute atomic E-state index is 12.6. The molecule has 0 unspecified atom stereocenters. The van der Waals surface area contributed by atoms with Gasteiger partial charge in [-0.15, -0.1) is 0 Å². The van der Waals surface area contributed by atoms with Gasteiger partial charge in [-0.25, -0.2) is 4.57 Å². The van der Waals surface area contributed by atoms with Gasteiger partial charge in [0.25, 0.3) is 0 Å². The van der Waals surface area contributed by atoms with Crippen molar-refractivity contribution in [2.75, 3.05) is 6.61 Å². The van der Waals surface area contributed by atoms with Crippen LogP contribution < -0.4 is 5.32 Å². The summed E-state index contributed by atoms with van der Waals surface area (Å²) in [4.78, 5) is 30.8. The first kappa shape index (κ1) is 50.3. The first-order valence-corrected chi connectivity index (χ1v) is 23.7. The molecule has 4 N–H and O–H groups in total. The predicted octanol–water partition coefficient (Wildman–Crippen LogP) is 13.2. The Hall–Kier alpha value is -0.720. The van der Waals surface area contributed by atoms with Gasteiger partial charge in [-0.2, -0.15) is 0 Å². The Labute approximate surface area is 316 Å². The third-order valence-electron chi connectivity index (χ3n) is 10.2. The van der Waals surface area contributed by atoms with Crippen LogP contribution in [-0.4, -0.2) is 39.6 Å². The second kappa shape index (κ2) is 39.0. The van der Waals surface area contributed by atoms with Crippen LogP contribution in [0.25, 0.3) is 0 Å². The molecule has 304 valence electrons. The molecule has 0 aromatic carbocycles. The number of rotatable bonds is 41. The smallest absolute Gasteiger partial charge is 0.387 e. The second-order valence-electron chi connectivity index (χ2n) is 15.4. The van der Waals surface area contributed by atoms with E-state index in [0.717, 1.165) is 38.5 Å². The summed E-state index contributed by atoms with van der Waals surface area (Å²) in [6, 6.07) is -0.904. The molecule has 0 saturated heterocycles. The normalized spacial score (nSPS) is 13.3. The number of hydrogen-bond donors (Lipinski definition) is 4. The fourth-order valence-corrected chi connectivity index (χ4v) is 7.23. The third kappa shape index (κ3) is 40.3. The van der Waals surface area contributed by atoms with E-state index in [1.807, 2.05) is 6.08 Å². The molecule has 0 fully saturated rings. The molecule has 0 rings (SSSR count). The van der Waals surface area contributed by atoms with Crippen LogP contribution in [0.1, 0.15) is 239 Å². The number of phosphoric acid groups is 1. The van der Waals surface area contributed by atoms with E-state index in [9.17, 15) is 14.5 Å². The number of carbonyl (C=O) groups excluding carboxylic acids is 1. The van der Waals surface area contributed by atoms with Crippen LogP contribution in [0.3, 0.4) is 0 Å². The van der Waals surface area contributed by atoms with Crippen molar-refractivity contribution in [1.29, 1.82) is 0 Å². The molecule has 0 bridgehead atoms. The molecule has 0 aromatic rings. The van der Waals surface area contributed by atoms with Crippen LogP contribution in [0.4, 0.5) is 0 Å². The summed E-state index contributed by atoms with van der Waals surface area (Å²) >= 11 is 0. The molecule has 1 amide bonds. The van der Waals surface area contributed by atoms with Gasteiger partial charge in [0.15, 0.2) is 0 Å². The minimum Gasteiger partial charge on any atom is -0.387 e. The van der Waals surface area contributed by atoms with E-state index in [-0.39, 0.29) is 5.91 Å². The zero-order valence-corrected chi connectivity index (χ0v) is 34.7. The van der Waals surface area contributed by atoms with Gasteiger partial charge in [-0.3, -0.25) is 9.32 Å². The quantitative estimate of drug-likeness (QED) is 0.0281. The standard InChI is InChI=1S/C43H86NO6P/c1-3-5-7-9-11-13-15-16-17-18-19-20-21-22-23-24-25-26-27-28-29-31-33-35-37-39-43(46)44-41(40-50-51(47,48)49)42(45)38-36-34-32-30-14-12-10-8-6-4-2/h36,38,41-42,45H,3-35,37,39-40H2,1-2H3,(H,44,46)(H2,47,48,49)/b38-36+/t41-,42+/m0/s1. The van der Waals surface area contributed by atoms with E-state index >= 15 is 0 Å². The summed E-state index contributed by atoms with van der Waals surface area (Å²) in [5.74, 6) is -0.223. The van der Waals surface area contributed by atoms with Crippen molar-refractivity contribution in [3.05, 3.63) is 12.2 Å². The number of allylic oxidation sites excluding steroid dienone is 1. The fourth-order valence-electron chi connectivity index (χ4n) is 6.87. The average Bonchev–Trinajstić information content (AvgIpc) is 3.10. The molecular weight excluding hydrogens is 657 g/mol. The molecule has 0 saturated carbocycles. The topological polar surface area (TPSA) is 116 Å². The van der Waals surface area contributed by atoms with Crippen molar-refractivity contribution in [3.63, 3.8) is 0 Å². The number of amides is 1. The summed E-state index contributed by atoms with van der Waals surface area (Å²) in [7, 11) is -4.71. The van der Waals surface area contributed by atoms with Gasteiger partial charge < -0.3 is 20.2 Å². The minimum absolute atomic E-state index is 0.223. The summed E-state index contributed by atoms with van der Waals surface area (Å²) in [6.07, 6.45) is 46.9. The highest BCUT2D eigenvalue weighted by Crippen LogP contribution is 2.35. The highest BCUT2D eigenvalue weighted by molar-refractivity contribution is 7.46. The number of aliphatic hydroxyl groups is 1.